The number of hydrogen-bond donors (Lipinski definition) is 1. The zero-order valence-corrected chi connectivity index (χ0v) is 17.6. The van der Waals surface area contributed by atoms with Crippen molar-refractivity contribution in [2.45, 2.75) is 51.4 Å². The largest absolute Gasteiger partial charge is 0.348 e. The first kappa shape index (κ1) is 19.8. The number of benzene rings is 1. The minimum atomic E-state index is -0.255. The van der Waals surface area contributed by atoms with Gasteiger partial charge in [-0.15, -0.1) is 0 Å². The van der Waals surface area contributed by atoms with Crippen molar-refractivity contribution in [3.05, 3.63) is 58.9 Å². The summed E-state index contributed by atoms with van der Waals surface area (Å²) in [4.78, 5) is 29.6. The van der Waals surface area contributed by atoms with Gasteiger partial charge in [-0.2, -0.15) is 0 Å². The van der Waals surface area contributed by atoms with Crippen molar-refractivity contribution >= 4 is 23.5 Å². The number of aromatic nitrogens is 1. The zero-order chi connectivity index (χ0) is 20.5. The molecule has 1 aliphatic carbocycles. The van der Waals surface area contributed by atoms with Crippen LogP contribution in [-0.4, -0.2) is 51.5 Å². The highest BCUT2D eigenvalue weighted by molar-refractivity contribution is 6.31. The molecule has 1 saturated carbocycles. The van der Waals surface area contributed by atoms with E-state index >= 15 is 0 Å². The second-order valence-electron chi connectivity index (χ2n) is 8.10. The van der Waals surface area contributed by atoms with Gasteiger partial charge >= 0.3 is 6.03 Å². The molecule has 0 unspecified atom stereocenters. The Morgan fingerprint density at radius 2 is 1.93 bits per heavy atom. The fraction of sp³-hybridized carbons (Fsp3) is 0.455. The van der Waals surface area contributed by atoms with Crippen molar-refractivity contribution in [3.8, 4) is 0 Å². The van der Waals surface area contributed by atoms with Gasteiger partial charge in [0.1, 0.15) is 6.54 Å². The van der Waals surface area contributed by atoms with Crippen LogP contribution in [0, 0.1) is 0 Å². The van der Waals surface area contributed by atoms with Crippen molar-refractivity contribution in [2.75, 3.05) is 13.1 Å². The van der Waals surface area contributed by atoms with E-state index in [1.165, 1.54) is 0 Å². The molecule has 0 radical (unpaired) electrons. The number of nitrogens with one attached hydrogen (secondary N) is 1. The molecular weight excluding hydrogens is 388 g/mol. The molecule has 1 fully saturated rings. The molecular formula is C22H27ClN4O2. The molecule has 1 aromatic heterocycles. The first-order chi connectivity index (χ1) is 14.0. The van der Waals surface area contributed by atoms with Gasteiger partial charge in [0.05, 0.1) is 6.04 Å². The molecule has 2 heterocycles. The highest BCUT2D eigenvalue weighted by Gasteiger charge is 2.38. The van der Waals surface area contributed by atoms with Crippen molar-refractivity contribution < 1.29 is 9.59 Å². The highest BCUT2D eigenvalue weighted by Crippen LogP contribution is 2.36. The fourth-order valence-electron chi connectivity index (χ4n) is 4.00. The number of carbonyl (C=O) groups excluding carboxylic acids is 2. The molecule has 3 amide bonds. The molecule has 7 heteroatoms. The third kappa shape index (κ3) is 4.13. The van der Waals surface area contributed by atoms with Crippen molar-refractivity contribution in [1.82, 2.24) is 19.7 Å². The van der Waals surface area contributed by atoms with Gasteiger partial charge in [-0.25, -0.2) is 4.79 Å². The Bertz CT molecular complexity index is 906. The SMILES string of the molecule is CC(C)NC(=O)N(CC(=O)N1CCn2cccc2[C@H]1c1ccccc1Cl)C1CC1. The van der Waals surface area contributed by atoms with Gasteiger partial charge in [0.2, 0.25) is 5.91 Å². The first-order valence-electron chi connectivity index (χ1n) is 10.2. The van der Waals surface area contributed by atoms with Crippen molar-refractivity contribution in [2.24, 2.45) is 0 Å². The monoisotopic (exact) mass is 414 g/mol. The molecule has 154 valence electrons. The number of hydrogen-bond acceptors (Lipinski definition) is 2. The highest BCUT2D eigenvalue weighted by atomic mass is 35.5. The Morgan fingerprint density at radius 3 is 2.62 bits per heavy atom. The molecule has 1 aromatic carbocycles. The lowest BCUT2D eigenvalue weighted by Crippen LogP contribution is -2.51. The van der Waals surface area contributed by atoms with Crippen LogP contribution in [0.5, 0.6) is 0 Å². The van der Waals surface area contributed by atoms with E-state index < -0.39 is 0 Å². The van der Waals surface area contributed by atoms with Crippen LogP contribution in [0.25, 0.3) is 0 Å². The van der Waals surface area contributed by atoms with Crippen LogP contribution in [0.1, 0.15) is 44.0 Å². The average Bonchev–Trinajstić information content (AvgIpc) is 3.41. The minimum Gasteiger partial charge on any atom is -0.348 e. The van der Waals surface area contributed by atoms with Crippen LogP contribution < -0.4 is 5.32 Å². The predicted molar refractivity (Wildman–Crippen MR) is 113 cm³/mol. The van der Waals surface area contributed by atoms with Crippen LogP contribution in [0.3, 0.4) is 0 Å². The number of halogens is 1. The Kier molecular flexibility index (Phi) is 5.54. The lowest BCUT2D eigenvalue weighted by Gasteiger charge is -2.39. The summed E-state index contributed by atoms with van der Waals surface area (Å²) < 4.78 is 2.17. The second kappa shape index (κ2) is 8.11. The van der Waals surface area contributed by atoms with E-state index in [1.54, 1.807) is 4.90 Å². The number of fused-ring (bicyclic) bond motifs is 1. The van der Waals surface area contributed by atoms with E-state index in [2.05, 4.69) is 9.88 Å². The third-order valence-corrected chi connectivity index (χ3v) is 5.87. The summed E-state index contributed by atoms with van der Waals surface area (Å²) in [5.74, 6) is -0.0480. The Hall–Kier alpha value is -2.47. The van der Waals surface area contributed by atoms with Crippen LogP contribution in [0.2, 0.25) is 5.02 Å². The lowest BCUT2D eigenvalue weighted by atomic mass is 9.99. The number of carbonyl (C=O) groups is 2. The molecule has 0 saturated heterocycles. The van der Waals surface area contributed by atoms with E-state index in [0.717, 1.165) is 30.6 Å². The predicted octanol–water partition coefficient (Wildman–Crippen LogP) is 3.66. The summed E-state index contributed by atoms with van der Waals surface area (Å²) in [7, 11) is 0. The standard InChI is InChI=1S/C22H27ClN4O2/c1-15(2)24-22(29)27(16-9-10-16)14-20(28)26-13-12-25-11-5-8-19(25)21(26)17-6-3-4-7-18(17)23/h3-8,11,15-16,21H,9-10,12-14H2,1-2H3,(H,24,29)/t21-/m1/s1. The minimum absolute atomic E-state index is 0.0352. The molecule has 0 bridgehead atoms. The van der Waals surface area contributed by atoms with Crippen LogP contribution in [0.15, 0.2) is 42.6 Å². The second-order valence-corrected chi connectivity index (χ2v) is 8.51. The van der Waals surface area contributed by atoms with E-state index in [4.69, 9.17) is 11.6 Å². The van der Waals surface area contributed by atoms with Crippen LogP contribution >= 0.6 is 11.6 Å². The number of rotatable bonds is 5. The van der Waals surface area contributed by atoms with Crippen LogP contribution in [0.4, 0.5) is 4.79 Å². The molecule has 2 aliphatic rings. The van der Waals surface area contributed by atoms with Gasteiger partial charge < -0.3 is 19.7 Å². The Labute approximate surface area is 176 Å². The summed E-state index contributed by atoms with van der Waals surface area (Å²) in [6.45, 7) is 5.26. The third-order valence-electron chi connectivity index (χ3n) is 5.52. The maximum atomic E-state index is 13.4. The van der Waals surface area contributed by atoms with E-state index in [-0.39, 0.29) is 36.6 Å². The summed E-state index contributed by atoms with van der Waals surface area (Å²) in [6, 6.07) is 11.5. The van der Waals surface area contributed by atoms with Gasteiger partial charge in [0.25, 0.3) is 0 Å². The molecule has 1 atom stereocenters. The smallest absolute Gasteiger partial charge is 0.318 e. The molecule has 1 N–H and O–H groups in total. The van der Waals surface area contributed by atoms with Gasteiger partial charge in [-0.1, -0.05) is 29.8 Å². The lowest BCUT2D eigenvalue weighted by molar-refractivity contribution is -0.134. The van der Waals surface area contributed by atoms with E-state index in [9.17, 15) is 9.59 Å². The summed E-state index contributed by atoms with van der Waals surface area (Å²) in [5, 5.41) is 3.57. The van der Waals surface area contributed by atoms with Crippen molar-refractivity contribution in [1.29, 1.82) is 0 Å². The summed E-state index contributed by atoms with van der Waals surface area (Å²) >= 11 is 6.51. The van der Waals surface area contributed by atoms with Gasteiger partial charge in [0, 0.05) is 42.1 Å². The average molecular weight is 415 g/mol. The Morgan fingerprint density at radius 1 is 1.17 bits per heavy atom. The van der Waals surface area contributed by atoms with Gasteiger partial charge in [-0.05, 0) is 50.5 Å². The fourth-order valence-corrected chi connectivity index (χ4v) is 4.23. The molecule has 1 aliphatic heterocycles. The molecule has 4 rings (SSSR count). The normalized spacial score (nSPS) is 18.5. The molecule has 29 heavy (non-hydrogen) atoms. The van der Waals surface area contributed by atoms with Crippen molar-refractivity contribution in [3.63, 3.8) is 0 Å². The number of nitrogens with zero attached hydrogens (tertiary/aromatic N) is 3. The maximum absolute atomic E-state index is 13.4. The van der Waals surface area contributed by atoms with Gasteiger partial charge in [0.15, 0.2) is 0 Å². The maximum Gasteiger partial charge on any atom is 0.318 e. The Balaban J connectivity index is 1.61. The van der Waals surface area contributed by atoms with Crippen LogP contribution in [-0.2, 0) is 11.3 Å². The molecule has 6 nitrogen and oxygen atoms in total. The topological polar surface area (TPSA) is 57.6 Å². The number of urea groups is 1. The zero-order valence-electron chi connectivity index (χ0n) is 16.8. The van der Waals surface area contributed by atoms with E-state index in [1.807, 2.05) is 61.3 Å². The quantitative estimate of drug-likeness (QED) is 0.811. The summed E-state index contributed by atoms with van der Waals surface area (Å²) in [5.41, 5.74) is 1.95. The summed E-state index contributed by atoms with van der Waals surface area (Å²) in [6.07, 6.45) is 3.94. The van der Waals surface area contributed by atoms with E-state index in [0.29, 0.717) is 11.6 Å². The number of amides is 3. The first-order valence-corrected chi connectivity index (χ1v) is 10.6. The molecule has 0 spiro atoms. The van der Waals surface area contributed by atoms with Gasteiger partial charge in [-0.3, -0.25) is 4.79 Å². The molecule has 2 aromatic rings.